The molecule has 0 atom stereocenters. The molecule has 9 heteroatoms. The van der Waals surface area contributed by atoms with Crippen molar-refractivity contribution in [1.29, 1.82) is 0 Å². The topological polar surface area (TPSA) is 102 Å². The normalized spacial score (nSPS) is 15.2. The Morgan fingerprint density at radius 1 is 0.939 bits per heavy atom. The fraction of sp³-hybridized carbons (Fsp3) is 0.333. The zero-order chi connectivity index (χ0) is 23.9. The molecule has 172 valence electrons. The Morgan fingerprint density at radius 2 is 1.58 bits per heavy atom. The molecule has 9 nitrogen and oxygen atoms in total. The van der Waals surface area contributed by atoms with Gasteiger partial charge < -0.3 is 19.2 Å². The predicted molar refractivity (Wildman–Crippen MR) is 116 cm³/mol. The van der Waals surface area contributed by atoms with Crippen molar-refractivity contribution in [2.24, 2.45) is 0 Å². The Kier molecular flexibility index (Phi) is 5.57. The molecule has 0 bridgehead atoms. The third-order valence-electron chi connectivity index (χ3n) is 5.39. The maximum atomic E-state index is 13.0. The summed E-state index contributed by atoms with van der Waals surface area (Å²) in [7, 11) is 1.50. The minimum Gasteiger partial charge on any atom is -0.496 e. The third-order valence-corrected chi connectivity index (χ3v) is 5.39. The van der Waals surface area contributed by atoms with E-state index in [4.69, 9.17) is 14.3 Å². The molecule has 33 heavy (non-hydrogen) atoms. The summed E-state index contributed by atoms with van der Waals surface area (Å²) >= 11 is 0. The van der Waals surface area contributed by atoms with Gasteiger partial charge in [-0.3, -0.25) is 9.59 Å². The Bertz CT molecular complexity index is 1130. The number of nitrogens with zero attached hydrogens (tertiary/aromatic N) is 2. The molecule has 2 heterocycles. The number of methoxy groups -OCH3 is 1. The average Bonchev–Trinajstić information content (AvgIpc) is 3.01. The lowest BCUT2D eigenvalue weighted by Crippen LogP contribution is -2.40. The summed E-state index contributed by atoms with van der Waals surface area (Å²) in [5.74, 6) is -1.71. The van der Waals surface area contributed by atoms with Crippen molar-refractivity contribution in [2.75, 3.05) is 13.7 Å². The molecule has 0 spiro atoms. The smallest absolute Gasteiger partial charge is 0.410 e. The van der Waals surface area contributed by atoms with Gasteiger partial charge in [0.2, 0.25) is 0 Å². The zero-order valence-electron chi connectivity index (χ0n) is 18.8. The monoisotopic (exact) mass is 452 g/mol. The van der Waals surface area contributed by atoms with Crippen molar-refractivity contribution >= 4 is 23.9 Å². The molecule has 0 N–H and O–H groups in total. The molecular formula is C24H24N2O7. The summed E-state index contributed by atoms with van der Waals surface area (Å²) in [5, 5.41) is 0.486. The van der Waals surface area contributed by atoms with Crippen LogP contribution in [0.1, 0.15) is 63.0 Å². The van der Waals surface area contributed by atoms with Gasteiger partial charge in [0.25, 0.3) is 11.8 Å². The molecule has 0 saturated carbocycles. The molecular weight excluding hydrogens is 428 g/mol. The first-order valence-electron chi connectivity index (χ1n) is 10.5. The van der Waals surface area contributed by atoms with Gasteiger partial charge in [-0.15, -0.1) is 0 Å². The largest absolute Gasteiger partial charge is 0.496 e. The van der Waals surface area contributed by atoms with Gasteiger partial charge >= 0.3 is 12.1 Å². The van der Waals surface area contributed by atoms with Gasteiger partial charge in [0.1, 0.15) is 11.4 Å². The summed E-state index contributed by atoms with van der Waals surface area (Å²) in [6.07, 6.45) is -0.118. The highest BCUT2D eigenvalue weighted by atomic mass is 16.7. The van der Waals surface area contributed by atoms with E-state index in [0.717, 1.165) is 0 Å². The molecule has 0 aromatic heterocycles. The van der Waals surface area contributed by atoms with E-state index in [1.54, 1.807) is 39.0 Å². The van der Waals surface area contributed by atoms with E-state index in [2.05, 4.69) is 0 Å². The first-order chi connectivity index (χ1) is 15.6. The van der Waals surface area contributed by atoms with Crippen LogP contribution in [0.25, 0.3) is 0 Å². The molecule has 0 radical (unpaired) electrons. The lowest BCUT2D eigenvalue weighted by atomic mass is 9.93. The van der Waals surface area contributed by atoms with Gasteiger partial charge in [-0.2, -0.15) is 0 Å². The number of amides is 3. The molecule has 4 rings (SSSR count). The average molecular weight is 452 g/mol. The quantitative estimate of drug-likeness (QED) is 0.658. The number of carbonyl (C=O) groups excluding carboxylic acids is 4. The van der Waals surface area contributed by atoms with E-state index in [0.29, 0.717) is 34.9 Å². The highest BCUT2D eigenvalue weighted by Crippen LogP contribution is 2.33. The Hall–Kier alpha value is -3.88. The van der Waals surface area contributed by atoms with E-state index in [1.165, 1.54) is 30.2 Å². The number of hydrogen-bond donors (Lipinski definition) is 0. The Labute approximate surface area is 190 Å². The fourth-order valence-corrected chi connectivity index (χ4v) is 3.89. The molecule has 0 aliphatic carbocycles. The second-order valence-corrected chi connectivity index (χ2v) is 8.75. The molecule has 0 unspecified atom stereocenters. The van der Waals surface area contributed by atoms with Gasteiger partial charge in [-0.05, 0) is 57.0 Å². The number of rotatable bonds is 3. The van der Waals surface area contributed by atoms with Crippen molar-refractivity contribution in [1.82, 2.24) is 9.96 Å². The SMILES string of the molecule is COc1ccc(C(=O)ON2C(=O)c3ccccc3C2=O)c2c1CN(C(=O)OC(C)(C)C)CC2. The van der Waals surface area contributed by atoms with Crippen LogP contribution in [-0.4, -0.2) is 53.1 Å². The molecule has 3 amide bonds. The number of fused-ring (bicyclic) bond motifs is 2. The van der Waals surface area contributed by atoms with E-state index in [-0.39, 0.29) is 23.2 Å². The Morgan fingerprint density at radius 3 is 2.15 bits per heavy atom. The number of ether oxygens (including phenoxy) is 2. The minimum absolute atomic E-state index is 0.181. The first-order valence-corrected chi connectivity index (χ1v) is 10.5. The van der Waals surface area contributed by atoms with Gasteiger partial charge in [0.05, 0.1) is 30.3 Å². The van der Waals surface area contributed by atoms with Crippen molar-refractivity contribution < 1.29 is 33.5 Å². The highest BCUT2D eigenvalue weighted by molar-refractivity contribution is 6.21. The van der Waals surface area contributed by atoms with Crippen molar-refractivity contribution in [3.05, 3.63) is 64.2 Å². The van der Waals surface area contributed by atoms with Crippen LogP contribution in [0.2, 0.25) is 0 Å². The number of hydroxylamine groups is 2. The molecule has 0 saturated heterocycles. The summed E-state index contributed by atoms with van der Waals surface area (Å²) in [4.78, 5) is 57.4. The zero-order valence-corrected chi connectivity index (χ0v) is 18.8. The summed E-state index contributed by atoms with van der Waals surface area (Å²) in [5.41, 5.74) is 1.20. The molecule has 0 fully saturated rings. The van der Waals surface area contributed by atoms with Crippen LogP contribution in [0.3, 0.4) is 0 Å². The number of benzene rings is 2. The maximum Gasteiger partial charge on any atom is 0.410 e. The highest BCUT2D eigenvalue weighted by Gasteiger charge is 2.39. The van der Waals surface area contributed by atoms with Gasteiger partial charge in [-0.25, -0.2) is 9.59 Å². The van der Waals surface area contributed by atoms with Crippen LogP contribution in [0.15, 0.2) is 36.4 Å². The van der Waals surface area contributed by atoms with Gasteiger partial charge in [0.15, 0.2) is 0 Å². The maximum absolute atomic E-state index is 13.0. The summed E-state index contributed by atoms with van der Waals surface area (Å²) in [6.45, 7) is 5.87. The molecule has 2 aliphatic heterocycles. The lowest BCUT2D eigenvalue weighted by molar-refractivity contribution is -0.0585. The molecule has 2 aromatic rings. The van der Waals surface area contributed by atoms with Crippen LogP contribution >= 0.6 is 0 Å². The van der Waals surface area contributed by atoms with Crippen molar-refractivity contribution in [2.45, 2.75) is 39.3 Å². The van der Waals surface area contributed by atoms with E-state index < -0.39 is 29.5 Å². The van der Waals surface area contributed by atoms with Crippen LogP contribution in [0.5, 0.6) is 5.75 Å². The first kappa shape index (κ1) is 22.3. The summed E-state index contributed by atoms with van der Waals surface area (Å²) in [6, 6.07) is 9.39. The van der Waals surface area contributed by atoms with Crippen LogP contribution in [0.4, 0.5) is 4.79 Å². The van der Waals surface area contributed by atoms with Crippen LogP contribution in [-0.2, 0) is 22.5 Å². The van der Waals surface area contributed by atoms with Crippen molar-refractivity contribution in [3.8, 4) is 5.75 Å². The number of carbonyl (C=O) groups is 4. The fourth-order valence-electron chi connectivity index (χ4n) is 3.89. The predicted octanol–water partition coefficient (Wildman–Crippen LogP) is 3.36. The second-order valence-electron chi connectivity index (χ2n) is 8.75. The lowest BCUT2D eigenvalue weighted by Gasteiger charge is -2.32. The van der Waals surface area contributed by atoms with E-state index >= 15 is 0 Å². The van der Waals surface area contributed by atoms with Gasteiger partial charge in [-0.1, -0.05) is 17.2 Å². The Balaban J connectivity index is 1.59. The summed E-state index contributed by atoms with van der Waals surface area (Å²) < 4.78 is 10.9. The molecule has 2 aromatic carbocycles. The molecule has 2 aliphatic rings. The standard InChI is InChI=1S/C24H24N2O7/c1-24(2,3)32-23(30)25-12-11-14-17(9-10-19(31-4)18(14)13-25)22(29)33-26-20(27)15-7-5-6-8-16(15)21(26)28/h5-10H,11-13H2,1-4H3. The number of hydrogen-bond acceptors (Lipinski definition) is 7. The minimum atomic E-state index is -0.839. The third kappa shape index (κ3) is 4.13. The van der Waals surface area contributed by atoms with Crippen LogP contribution in [0, 0.1) is 0 Å². The second kappa shape index (κ2) is 8.23. The van der Waals surface area contributed by atoms with E-state index in [1.807, 2.05) is 0 Å². The number of imide groups is 1. The van der Waals surface area contributed by atoms with Gasteiger partial charge in [0, 0.05) is 12.1 Å². The van der Waals surface area contributed by atoms with Crippen molar-refractivity contribution in [3.63, 3.8) is 0 Å². The van der Waals surface area contributed by atoms with Crippen LogP contribution < -0.4 is 4.74 Å². The van der Waals surface area contributed by atoms with E-state index in [9.17, 15) is 19.2 Å².